The summed E-state index contributed by atoms with van der Waals surface area (Å²) in [5.41, 5.74) is 1.24. The molecular formula is C29H44N2O6S2. The Bertz CT molecular complexity index is 1390. The lowest BCUT2D eigenvalue weighted by Gasteiger charge is -2.38. The molecule has 218 valence electrons. The summed E-state index contributed by atoms with van der Waals surface area (Å²) in [4.78, 5) is 0.216. The van der Waals surface area contributed by atoms with Crippen LogP contribution < -0.4 is 9.47 Å². The van der Waals surface area contributed by atoms with Crippen LogP contribution >= 0.6 is 0 Å². The zero-order valence-corrected chi connectivity index (χ0v) is 26.4. The van der Waals surface area contributed by atoms with Crippen LogP contribution in [0.3, 0.4) is 0 Å². The highest BCUT2D eigenvalue weighted by atomic mass is 32.2. The van der Waals surface area contributed by atoms with Gasteiger partial charge in [-0.2, -0.15) is 8.61 Å². The van der Waals surface area contributed by atoms with Crippen molar-refractivity contribution in [2.24, 2.45) is 0 Å². The summed E-state index contributed by atoms with van der Waals surface area (Å²) in [6.45, 7) is 18.2. The van der Waals surface area contributed by atoms with E-state index in [0.717, 1.165) is 11.1 Å². The highest BCUT2D eigenvalue weighted by Gasteiger charge is 2.40. The largest absolute Gasteiger partial charge is 0.492 e. The standard InChI is InChI=1S/C29H44N2O6S2/c1-10-36-24-14-12-22(28(4,5)6)18-26(24)38(32,33)30-16-17-31(21(3)20-30)39(34,35)27-19-23(29(7,8)9)13-15-25(27)37-11-2/h12-15,18-19,21H,10-11,16-17,20H2,1-9H3/t21-/m0/s1. The van der Waals surface area contributed by atoms with E-state index in [1.54, 1.807) is 31.2 Å². The average Bonchev–Trinajstić information content (AvgIpc) is 2.83. The molecule has 1 aliphatic heterocycles. The van der Waals surface area contributed by atoms with Gasteiger partial charge in [-0.3, -0.25) is 0 Å². The minimum Gasteiger partial charge on any atom is -0.492 e. The van der Waals surface area contributed by atoms with Crippen molar-refractivity contribution in [3.05, 3.63) is 47.5 Å². The number of sulfonamides is 2. The number of benzene rings is 2. The second-order valence-corrected chi connectivity index (χ2v) is 15.8. The van der Waals surface area contributed by atoms with Crippen molar-refractivity contribution >= 4 is 20.0 Å². The Morgan fingerprint density at radius 1 is 0.744 bits per heavy atom. The quantitative estimate of drug-likeness (QED) is 0.428. The summed E-state index contributed by atoms with van der Waals surface area (Å²) in [5.74, 6) is 0.599. The highest BCUT2D eigenvalue weighted by Crippen LogP contribution is 2.36. The lowest BCUT2D eigenvalue weighted by Crippen LogP contribution is -2.55. The van der Waals surface area contributed by atoms with Crippen LogP contribution in [0, 0.1) is 0 Å². The second-order valence-electron chi connectivity index (χ2n) is 12.0. The maximum atomic E-state index is 14.0. The Hall–Kier alpha value is -2.14. The first kappa shape index (κ1) is 31.4. The molecule has 39 heavy (non-hydrogen) atoms. The van der Waals surface area contributed by atoms with Gasteiger partial charge < -0.3 is 9.47 Å². The van der Waals surface area contributed by atoms with Crippen molar-refractivity contribution in [3.63, 3.8) is 0 Å². The first-order chi connectivity index (χ1) is 17.9. The van der Waals surface area contributed by atoms with Gasteiger partial charge >= 0.3 is 0 Å². The molecule has 0 bridgehead atoms. The molecule has 1 saturated heterocycles. The number of piperazine rings is 1. The van der Waals surface area contributed by atoms with Gasteiger partial charge in [0.25, 0.3) is 0 Å². The van der Waals surface area contributed by atoms with Crippen LogP contribution in [0.15, 0.2) is 46.2 Å². The number of hydrogen-bond acceptors (Lipinski definition) is 6. The molecule has 0 amide bonds. The molecule has 8 nitrogen and oxygen atoms in total. The predicted octanol–water partition coefficient (Wildman–Crippen LogP) is 5.16. The molecule has 1 aliphatic rings. The van der Waals surface area contributed by atoms with E-state index in [1.807, 2.05) is 67.5 Å². The van der Waals surface area contributed by atoms with Crippen molar-refractivity contribution in [2.45, 2.75) is 89.0 Å². The minimum atomic E-state index is -3.96. The Balaban J connectivity index is 1.97. The third kappa shape index (κ3) is 6.61. The zero-order valence-electron chi connectivity index (χ0n) is 24.7. The van der Waals surface area contributed by atoms with E-state index < -0.39 is 26.1 Å². The Kier molecular flexibility index (Phi) is 9.17. The van der Waals surface area contributed by atoms with Crippen LogP contribution in [0.25, 0.3) is 0 Å². The summed E-state index contributed by atoms with van der Waals surface area (Å²) in [5, 5.41) is 0. The van der Waals surface area contributed by atoms with Gasteiger partial charge in [-0.15, -0.1) is 0 Å². The van der Waals surface area contributed by atoms with Crippen LogP contribution in [0.2, 0.25) is 0 Å². The monoisotopic (exact) mass is 580 g/mol. The van der Waals surface area contributed by atoms with E-state index in [2.05, 4.69) is 0 Å². The lowest BCUT2D eigenvalue weighted by molar-refractivity contribution is 0.211. The van der Waals surface area contributed by atoms with E-state index in [4.69, 9.17) is 9.47 Å². The van der Waals surface area contributed by atoms with Crippen LogP contribution in [0.5, 0.6) is 11.5 Å². The topological polar surface area (TPSA) is 93.2 Å². The molecule has 0 N–H and O–H groups in total. The molecule has 3 rings (SSSR count). The smallest absolute Gasteiger partial charge is 0.247 e. The molecule has 2 aromatic carbocycles. The summed E-state index contributed by atoms with van der Waals surface area (Å²) < 4.78 is 69.8. The summed E-state index contributed by atoms with van der Waals surface area (Å²) in [6.07, 6.45) is 0. The molecule has 2 aromatic rings. The van der Waals surface area contributed by atoms with Gasteiger partial charge in [-0.1, -0.05) is 53.7 Å². The molecule has 0 aromatic heterocycles. The fourth-order valence-corrected chi connectivity index (χ4v) is 8.09. The molecule has 1 fully saturated rings. The Morgan fingerprint density at radius 3 is 1.56 bits per heavy atom. The van der Waals surface area contributed by atoms with Crippen LogP contribution in [0.4, 0.5) is 0 Å². The molecular weight excluding hydrogens is 536 g/mol. The molecule has 0 radical (unpaired) electrons. The van der Waals surface area contributed by atoms with Gasteiger partial charge in [-0.05, 0) is 67.0 Å². The van der Waals surface area contributed by atoms with Gasteiger partial charge in [0.1, 0.15) is 21.3 Å². The van der Waals surface area contributed by atoms with E-state index in [-0.39, 0.29) is 40.3 Å². The molecule has 10 heteroatoms. The number of rotatable bonds is 8. The van der Waals surface area contributed by atoms with Gasteiger partial charge in [0.05, 0.1) is 13.2 Å². The van der Waals surface area contributed by atoms with Crippen LogP contribution in [-0.4, -0.2) is 64.3 Å². The van der Waals surface area contributed by atoms with Crippen molar-refractivity contribution in [1.29, 1.82) is 0 Å². The molecule has 0 saturated carbocycles. The van der Waals surface area contributed by atoms with Gasteiger partial charge in [-0.25, -0.2) is 16.8 Å². The number of hydrogen-bond donors (Lipinski definition) is 0. The first-order valence-electron chi connectivity index (χ1n) is 13.5. The van der Waals surface area contributed by atoms with E-state index in [1.165, 1.54) is 8.61 Å². The summed E-state index contributed by atoms with van der Waals surface area (Å²) in [6, 6.07) is 9.97. The maximum Gasteiger partial charge on any atom is 0.247 e. The van der Waals surface area contributed by atoms with Crippen molar-refractivity contribution in [2.75, 3.05) is 32.8 Å². The maximum absolute atomic E-state index is 14.0. The SMILES string of the molecule is CCOc1ccc(C(C)(C)C)cc1S(=O)(=O)N1CCN(S(=O)(=O)c2cc(C(C)(C)C)ccc2OCC)[C@@H](C)C1. The Morgan fingerprint density at radius 2 is 1.18 bits per heavy atom. The fraction of sp³-hybridized carbons (Fsp3) is 0.586. The summed E-state index contributed by atoms with van der Waals surface area (Å²) in [7, 11) is -7.91. The first-order valence-corrected chi connectivity index (χ1v) is 16.4. The van der Waals surface area contributed by atoms with Gasteiger partial charge in [0.2, 0.25) is 20.0 Å². The third-order valence-corrected chi connectivity index (χ3v) is 10.9. The molecule has 0 unspecified atom stereocenters. The average molecular weight is 581 g/mol. The molecule has 0 spiro atoms. The van der Waals surface area contributed by atoms with Gasteiger partial charge in [0, 0.05) is 25.7 Å². The second kappa shape index (κ2) is 11.4. The van der Waals surface area contributed by atoms with Gasteiger partial charge in [0.15, 0.2) is 0 Å². The van der Waals surface area contributed by atoms with Crippen molar-refractivity contribution < 1.29 is 26.3 Å². The Labute approximate surface area is 235 Å². The van der Waals surface area contributed by atoms with E-state index >= 15 is 0 Å². The van der Waals surface area contributed by atoms with E-state index in [9.17, 15) is 16.8 Å². The van der Waals surface area contributed by atoms with Crippen molar-refractivity contribution in [1.82, 2.24) is 8.61 Å². The third-order valence-electron chi connectivity index (χ3n) is 6.95. The lowest BCUT2D eigenvalue weighted by atomic mass is 9.87. The van der Waals surface area contributed by atoms with E-state index in [0.29, 0.717) is 24.7 Å². The minimum absolute atomic E-state index is 0.0236. The molecule has 1 heterocycles. The van der Waals surface area contributed by atoms with Crippen LogP contribution in [-0.2, 0) is 30.9 Å². The number of ether oxygens (including phenoxy) is 2. The molecule has 0 aliphatic carbocycles. The van der Waals surface area contributed by atoms with Crippen LogP contribution in [0.1, 0.15) is 73.4 Å². The normalized spacial score (nSPS) is 18.2. The van der Waals surface area contributed by atoms with Crippen molar-refractivity contribution in [3.8, 4) is 11.5 Å². The highest BCUT2D eigenvalue weighted by molar-refractivity contribution is 7.89. The predicted molar refractivity (Wildman–Crippen MR) is 155 cm³/mol. The zero-order chi connectivity index (χ0) is 29.4. The summed E-state index contributed by atoms with van der Waals surface area (Å²) >= 11 is 0. The number of nitrogens with zero attached hydrogens (tertiary/aromatic N) is 2. The fourth-order valence-electron chi connectivity index (χ4n) is 4.65. The molecule has 1 atom stereocenters.